The lowest BCUT2D eigenvalue weighted by Crippen LogP contribution is -2.23. The minimum Gasteiger partial charge on any atom is -0.490 e. The SMILES string of the molecule is CCOc1cc(CNC(=O)CCC(=O)O)cc(Cl)c1OCCCN(C)C. The number of amides is 1. The van der Waals surface area contributed by atoms with Gasteiger partial charge in [-0.3, -0.25) is 9.59 Å². The number of halogens is 1. The number of hydrogen-bond donors (Lipinski definition) is 2. The molecule has 0 aliphatic carbocycles. The van der Waals surface area contributed by atoms with Crippen molar-refractivity contribution >= 4 is 23.5 Å². The van der Waals surface area contributed by atoms with Gasteiger partial charge in [0.25, 0.3) is 0 Å². The Kier molecular flexibility index (Phi) is 9.83. The summed E-state index contributed by atoms with van der Waals surface area (Å²) in [6.45, 7) is 3.98. The van der Waals surface area contributed by atoms with Crippen molar-refractivity contribution in [3.05, 3.63) is 22.7 Å². The standard InChI is InChI=1S/C18H27ClN2O5/c1-4-25-15-11-13(12-20-16(22)6-7-17(23)24)10-14(19)18(15)26-9-5-8-21(2)3/h10-11H,4-9,12H2,1-3H3,(H,20,22)(H,23,24). The summed E-state index contributed by atoms with van der Waals surface area (Å²) in [4.78, 5) is 24.2. The molecule has 0 spiro atoms. The van der Waals surface area contributed by atoms with Gasteiger partial charge in [0.2, 0.25) is 5.91 Å². The highest BCUT2D eigenvalue weighted by molar-refractivity contribution is 6.32. The number of nitrogens with one attached hydrogen (secondary N) is 1. The fourth-order valence-corrected chi connectivity index (χ4v) is 2.48. The van der Waals surface area contributed by atoms with Crippen LogP contribution >= 0.6 is 11.6 Å². The van der Waals surface area contributed by atoms with Crippen LogP contribution in [0.25, 0.3) is 0 Å². The summed E-state index contributed by atoms with van der Waals surface area (Å²) in [5.74, 6) is -0.309. The van der Waals surface area contributed by atoms with E-state index in [1.54, 1.807) is 12.1 Å². The topological polar surface area (TPSA) is 88.1 Å². The zero-order valence-electron chi connectivity index (χ0n) is 15.5. The lowest BCUT2D eigenvalue weighted by atomic mass is 10.2. The van der Waals surface area contributed by atoms with Crippen LogP contribution in [-0.2, 0) is 16.1 Å². The van der Waals surface area contributed by atoms with Gasteiger partial charge in [0.1, 0.15) is 0 Å². The Hall–Kier alpha value is -1.99. The number of rotatable bonds is 12. The smallest absolute Gasteiger partial charge is 0.303 e. The highest BCUT2D eigenvalue weighted by Gasteiger charge is 2.13. The first-order chi connectivity index (χ1) is 12.3. The Bertz CT molecular complexity index is 607. The molecule has 1 rings (SSSR count). The second kappa shape index (κ2) is 11.6. The first kappa shape index (κ1) is 22.1. The largest absolute Gasteiger partial charge is 0.490 e. The van der Waals surface area contributed by atoms with E-state index >= 15 is 0 Å². The number of carbonyl (C=O) groups excluding carboxylic acids is 1. The number of hydrogen-bond acceptors (Lipinski definition) is 5. The zero-order chi connectivity index (χ0) is 19.5. The highest BCUT2D eigenvalue weighted by Crippen LogP contribution is 2.36. The molecule has 0 unspecified atom stereocenters. The molecule has 0 aromatic heterocycles. The second-order valence-corrected chi connectivity index (χ2v) is 6.42. The third kappa shape index (κ3) is 8.40. The quantitative estimate of drug-likeness (QED) is 0.537. The molecule has 8 heteroatoms. The van der Waals surface area contributed by atoms with Crippen LogP contribution in [-0.4, -0.2) is 55.7 Å². The maximum Gasteiger partial charge on any atom is 0.303 e. The molecule has 1 aromatic carbocycles. The van der Waals surface area contributed by atoms with Crippen LogP contribution in [0, 0.1) is 0 Å². The Morgan fingerprint density at radius 3 is 2.58 bits per heavy atom. The molecular formula is C18H27ClN2O5. The lowest BCUT2D eigenvalue weighted by molar-refractivity contribution is -0.138. The lowest BCUT2D eigenvalue weighted by Gasteiger charge is -2.16. The third-order valence-electron chi connectivity index (χ3n) is 3.42. The Morgan fingerprint density at radius 2 is 1.96 bits per heavy atom. The number of carbonyl (C=O) groups is 2. The fourth-order valence-electron chi connectivity index (χ4n) is 2.19. The molecular weight excluding hydrogens is 360 g/mol. The normalized spacial score (nSPS) is 10.7. The average Bonchev–Trinajstić information content (AvgIpc) is 2.56. The molecule has 0 saturated carbocycles. The van der Waals surface area contributed by atoms with Crippen molar-refractivity contribution in [1.82, 2.24) is 10.2 Å². The number of ether oxygens (including phenoxy) is 2. The first-order valence-electron chi connectivity index (χ1n) is 8.54. The summed E-state index contributed by atoms with van der Waals surface area (Å²) >= 11 is 6.32. The van der Waals surface area contributed by atoms with Gasteiger partial charge in [-0.15, -0.1) is 0 Å². The van der Waals surface area contributed by atoms with E-state index in [0.29, 0.717) is 29.7 Å². The molecule has 26 heavy (non-hydrogen) atoms. The summed E-state index contributed by atoms with van der Waals surface area (Å²) in [5, 5.41) is 11.7. The van der Waals surface area contributed by atoms with Gasteiger partial charge in [-0.2, -0.15) is 0 Å². The third-order valence-corrected chi connectivity index (χ3v) is 3.70. The molecule has 0 radical (unpaired) electrons. The average molecular weight is 387 g/mol. The summed E-state index contributed by atoms with van der Waals surface area (Å²) in [6, 6.07) is 3.48. The molecule has 7 nitrogen and oxygen atoms in total. The summed E-state index contributed by atoms with van der Waals surface area (Å²) in [5.41, 5.74) is 0.753. The van der Waals surface area contributed by atoms with E-state index in [4.69, 9.17) is 26.2 Å². The molecule has 0 fully saturated rings. The first-order valence-corrected chi connectivity index (χ1v) is 8.92. The van der Waals surface area contributed by atoms with Crippen LogP contribution in [0.3, 0.4) is 0 Å². The van der Waals surface area contributed by atoms with E-state index in [9.17, 15) is 9.59 Å². The van der Waals surface area contributed by atoms with Gasteiger partial charge in [-0.1, -0.05) is 11.6 Å². The molecule has 0 atom stereocenters. The van der Waals surface area contributed by atoms with Gasteiger partial charge < -0.3 is 24.8 Å². The van der Waals surface area contributed by atoms with Gasteiger partial charge in [-0.25, -0.2) is 0 Å². The van der Waals surface area contributed by atoms with Crippen molar-refractivity contribution in [3.63, 3.8) is 0 Å². The zero-order valence-corrected chi connectivity index (χ0v) is 16.3. The maximum atomic E-state index is 11.6. The molecule has 0 saturated heterocycles. The van der Waals surface area contributed by atoms with E-state index in [0.717, 1.165) is 18.5 Å². The van der Waals surface area contributed by atoms with Gasteiger partial charge >= 0.3 is 5.97 Å². The summed E-state index contributed by atoms with van der Waals surface area (Å²) < 4.78 is 11.4. The van der Waals surface area contributed by atoms with Crippen LogP contribution < -0.4 is 14.8 Å². The van der Waals surface area contributed by atoms with Gasteiger partial charge in [-0.05, 0) is 45.1 Å². The summed E-state index contributed by atoms with van der Waals surface area (Å²) in [7, 11) is 4.00. The number of benzene rings is 1. The van der Waals surface area contributed by atoms with E-state index in [-0.39, 0.29) is 25.3 Å². The molecule has 1 amide bonds. The second-order valence-electron chi connectivity index (χ2n) is 6.01. The predicted molar refractivity (Wildman–Crippen MR) is 100 cm³/mol. The van der Waals surface area contributed by atoms with Crippen molar-refractivity contribution in [2.45, 2.75) is 32.7 Å². The number of aliphatic carboxylic acids is 1. The molecule has 0 aliphatic rings. The van der Waals surface area contributed by atoms with Crippen LogP contribution in [0.4, 0.5) is 0 Å². The van der Waals surface area contributed by atoms with Gasteiger partial charge in [0, 0.05) is 19.5 Å². The fraction of sp³-hybridized carbons (Fsp3) is 0.556. The van der Waals surface area contributed by atoms with Crippen molar-refractivity contribution in [1.29, 1.82) is 0 Å². The van der Waals surface area contributed by atoms with Crippen molar-refractivity contribution in [2.24, 2.45) is 0 Å². The minimum absolute atomic E-state index is 0.0611. The predicted octanol–water partition coefficient (Wildman–Crippen LogP) is 2.55. The van der Waals surface area contributed by atoms with Crippen molar-refractivity contribution in [3.8, 4) is 11.5 Å². The maximum absolute atomic E-state index is 11.6. The Labute approximate surface area is 159 Å². The Morgan fingerprint density at radius 1 is 1.23 bits per heavy atom. The number of nitrogens with zero attached hydrogens (tertiary/aromatic N) is 1. The monoisotopic (exact) mass is 386 g/mol. The summed E-state index contributed by atoms with van der Waals surface area (Å²) in [6.07, 6.45) is 0.598. The van der Waals surface area contributed by atoms with Gasteiger partial charge in [0.15, 0.2) is 11.5 Å². The molecule has 0 bridgehead atoms. The van der Waals surface area contributed by atoms with Gasteiger partial charge in [0.05, 0.1) is 24.7 Å². The molecule has 0 aliphatic heterocycles. The van der Waals surface area contributed by atoms with Crippen LogP contribution in [0.1, 0.15) is 31.7 Å². The van der Waals surface area contributed by atoms with Crippen LogP contribution in [0.5, 0.6) is 11.5 Å². The van der Waals surface area contributed by atoms with Crippen LogP contribution in [0.2, 0.25) is 5.02 Å². The van der Waals surface area contributed by atoms with Crippen molar-refractivity contribution in [2.75, 3.05) is 33.9 Å². The number of carboxylic acid groups (broad SMARTS) is 1. The minimum atomic E-state index is -1.00. The molecule has 2 N–H and O–H groups in total. The molecule has 0 heterocycles. The van der Waals surface area contributed by atoms with E-state index in [1.807, 2.05) is 21.0 Å². The van der Waals surface area contributed by atoms with Crippen molar-refractivity contribution < 1.29 is 24.2 Å². The van der Waals surface area contributed by atoms with E-state index in [1.165, 1.54) is 0 Å². The van der Waals surface area contributed by atoms with Crippen LogP contribution in [0.15, 0.2) is 12.1 Å². The highest BCUT2D eigenvalue weighted by atomic mass is 35.5. The van der Waals surface area contributed by atoms with E-state index < -0.39 is 5.97 Å². The Balaban J connectivity index is 2.71. The molecule has 146 valence electrons. The molecule has 1 aromatic rings. The van der Waals surface area contributed by atoms with E-state index in [2.05, 4.69) is 10.2 Å². The number of carboxylic acids is 1.